The molecule has 0 bridgehead atoms. The molecule has 0 radical (unpaired) electrons. The molecular weight excluding hydrogens is 172 g/mol. The lowest BCUT2D eigenvalue weighted by Crippen LogP contribution is -2.10. The average Bonchev–Trinajstić information content (AvgIpc) is 2.11. The topological polar surface area (TPSA) is 115 Å². The van der Waals surface area contributed by atoms with Gasteiger partial charge in [-0.2, -0.15) is 0 Å². The van der Waals surface area contributed by atoms with Gasteiger partial charge in [0.1, 0.15) is 5.78 Å². The number of hydrogen-bond donors (Lipinski definition) is 0. The molecule has 0 aliphatic heterocycles. The number of azide groups is 2. The van der Waals surface area contributed by atoms with E-state index < -0.39 is 0 Å². The van der Waals surface area contributed by atoms with Crippen LogP contribution in [-0.4, -0.2) is 18.9 Å². The van der Waals surface area contributed by atoms with E-state index in [1.165, 1.54) is 0 Å². The third-order valence-electron chi connectivity index (χ3n) is 1.34. The van der Waals surface area contributed by atoms with Gasteiger partial charge in [-0.1, -0.05) is 17.2 Å². The van der Waals surface area contributed by atoms with Gasteiger partial charge < -0.3 is 0 Å². The molecule has 0 aromatic rings. The van der Waals surface area contributed by atoms with Crippen LogP contribution in [0.4, 0.5) is 0 Å². The smallest absolute Gasteiger partial charge is 0.138 e. The third kappa shape index (κ3) is 6.68. The summed E-state index contributed by atoms with van der Waals surface area (Å²) in [4.78, 5) is 16.0. The molecule has 0 spiro atoms. The Hall–Kier alpha value is -1.71. The second-order valence-electron chi connectivity index (χ2n) is 2.65. The third-order valence-corrected chi connectivity index (χ3v) is 1.34. The Morgan fingerprint density at radius 3 is 2.54 bits per heavy atom. The Morgan fingerprint density at radius 1 is 1.38 bits per heavy atom. The first-order chi connectivity index (χ1) is 6.20. The summed E-state index contributed by atoms with van der Waals surface area (Å²) in [6.07, 6.45) is 0.276. The van der Waals surface area contributed by atoms with E-state index in [-0.39, 0.29) is 24.7 Å². The predicted molar refractivity (Wildman–Crippen MR) is 46.8 cm³/mol. The maximum absolute atomic E-state index is 11.0. The zero-order chi connectivity index (χ0) is 10.1. The molecule has 13 heavy (non-hydrogen) atoms. The average molecular weight is 182 g/mol. The molecule has 7 heteroatoms. The molecule has 0 aromatic carbocycles. The van der Waals surface area contributed by atoms with Gasteiger partial charge in [-0.25, -0.2) is 0 Å². The molecule has 0 fully saturated rings. The van der Waals surface area contributed by atoms with Crippen molar-refractivity contribution in [1.82, 2.24) is 0 Å². The van der Waals surface area contributed by atoms with E-state index >= 15 is 0 Å². The maximum atomic E-state index is 11.0. The van der Waals surface area contributed by atoms with Gasteiger partial charge in [0.2, 0.25) is 0 Å². The van der Waals surface area contributed by atoms with Crippen molar-refractivity contribution in [3.05, 3.63) is 20.9 Å². The van der Waals surface area contributed by atoms with Crippen LogP contribution in [0, 0.1) is 5.92 Å². The summed E-state index contributed by atoms with van der Waals surface area (Å²) >= 11 is 0. The van der Waals surface area contributed by atoms with Gasteiger partial charge >= 0.3 is 0 Å². The molecule has 0 aliphatic carbocycles. The molecule has 0 heterocycles. The molecule has 1 atom stereocenters. The normalized spacial score (nSPS) is 10.8. The van der Waals surface area contributed by atoms with Gasteiger partial charge in [0, 0.05) is 22.8 Å². The highest BCUT2D eigenvalue weighted by Crippen LogP contribution is 2.03. The number of carbonyl (C=O) groups excluding carboxylic acids is 1. The molecule has 0 amide bonds. The fraction of sp³-hybridized carbons (Fsp3) is 0.833. The van der Waals surface area contributed by atoms with Crippen molar-refractivity contribution in [3.63, 3.8) is 0 Å². The largest absolute Gasteiger partial charge is 0.300 e. The first-order valence-corrected chi connectivity index (χ1v) is 3.74. The van der Waals surface area contributed by atoms with Crippen LogP contribution in [0.15, 0.2) is 10.2 Å². The summed E-state index contributed by atoms with van der Waals surface area (Å²) in [5.41, 5.74) is 15.9. The van der Waals surface area contributed by atoms with Gasteiger partial charge in [0.05, 0.1) is 6.54 Å². The fourth-order valence-corrected chi connectivity index (χ4v) is 0.804. The Bertz CT molecular complexity index is 262. The Labute approximate surface area is 75.0 Å². The van der Waals surface area contributed by atoms with Crippen LogP contribution in [-0.2, 0) is 4.79 Å². The SMILES string of the molecule is CC(CN=[N+]=[N-])CC(=O)CN=[N+]=[N-]. The van der Waals surface area contributed by atoms with Crippen molar-refractivity contribution in [2.24, 2.45) is 16.1 Å². The van der Waals surface area contributed by atoms with Gasteiger partial charge in [-0.05, 0) is 17.0 Å². The Balaban J connectivity index is 3.76. The summed E-state index contributed by atoms with van der Waals surface area (Å²) in [7, 11) is 0. The fourth-order valence-electron chi connectivity index (χ4n) is 0.804. The summed E-state index contributed by atoms with van der Waals surface area (Å²) < 4.78 is 0. The summed E-state index contributed by atoms with van der Waals surface area (Å²) in [6.45, 7) is 1.96. The minimum absolute atomic E-state index is 0.00251. The van der Waals surface area contributed by atoms with Crippen LogP contribution in [0.5, 0.6) is 0 Å². The number of Topliss-reactive ketones (excluding diaryl/α,β-unsaturated/α-hetero) is 1. The van der Waals surface area contributed by atoms with E-state index in [0.29, 0.717) is 6.54 Å². The monoisotopic (exact) mass is 182 g/mol. The van der Waals surface area contributed by atoms with Crippen molar-refractivity contribution < 1.29 is 4.79 Å². The van der Waals surface area contributed by atoms with Crippen LogP contribution in [0.3, 0.4) is 0 Å². The highest BCUT2D eigenvalue weighted by atomic mass is 16.1. The summed E-state index contributed by atoms with van der Waals surface area (Å²) in [5.74, 6) is -0.143. The highest BCUT2D eigenvalue weighted by Gasteiger charge is 2.06. The minimum atomic E-state index is -0.140. The number of hydrogen-bond acceptors (Lipinski definition) is 3. The molecule has 7 nitrogen and oxygen atoms in total. The van der Waals surface area contributed by atoms with Gasteiger partial charge in [-0.3, -0.25) is 4.79 Å². The van der Waals surface area contributed by atoms with Crippen LogP contribution in [0.1, 0.15) is 13.3 Å². The van der Waals surface area contributed by atoms with Crippen molar-refractivity contribution in [2.45, 2.75) is 13.3 Å². The van der Waals surface area contributed by atoms with Gasteiger partial charge in [-0.15, -0.1) is 0 Å². The van der Waals surface area contributed by atoms with E-state index in [9.17, 15) is 4.79 Å². The second kappa shape index (κ2) is 6.97. The van der Waals surface area contributed by atoms with E-state index in [2.05, 4.69) is 20.1 Å². The quantitative estimate of drug-likeness (QED) is 0.349. The van der Waals surface area contributed by atoms with Crippen molar-refractivity contribution in [2.75, 3.05) is 13.1 Å². The molecule has 0 aromatic heterocycles. The molecule has 0 saturated carbocycles. The zero-order valence-electron chi connectivity index (χ0n) is 7.29. The molecule has 70 valence electrons. The van der Waals surface area contributed by atoms with Gasteiger partial charge in [0.15, 0.2) is 0 Å². The Morgan fingerprint density at radius 2 is 2.00 bits per heavy atom. The molecular formula is C6H10N6O. The van der Waals surface area contributed by atoms with Crippen molar-refractivity contribution in [3.8, 4) is 0 Å². The van der Waals surface area contributed by atoms with E-state index in [1.54, 1.807) is 6.92 Å². The molecule has 0 aliphatic rings. The lowest BCUT2D eigenvalue weighted by atomic mass is 10.1. The lowest BCUT2D eigenvalue weighted by molar-refractivity contribution is -0.118. The number of nitrogens with zero attached hydrogens (tertiary/aromatic N) is 6. The molecule has 1 unspecified atom stereocenters. The Kier molecular flexibility index (Phi) is 6.05. The highest BCUT2D eigenvalue weighted by molar-refractivity contribution is 5.80. The first-order valence-electron chi connectivity index (χ1n) is 3.74. The van der Waals surface area contributed by atoms with Crippen LogP contribution >= 0.6 is 0 Å². The standard InChI is InChI=1S/C6H10N6O/c1-5(3-9-11-7)2-6(13)4-10-12-8/h5H,2-4H2,1H3. The number of rotatable bonds is 6. The van der Waals surface area contributed by atoms with E-state index in [0.717, 1.165) is 0 Å². The van der Waals surface area contributed by atoms with Crippen molar-refractivity contribution in [1.29, 1.82) is 0 Å². The molecule has 0 saturated heterocycles. The zero-order valence-corrected chi connectivity index (χ0v) is 7.29. The molecule has 0 N–H and O–H groups in total. The van der Waals surface area contributed by atoms with Crippen LogP contribution in [0.2, 0.25) is 0 Å². The van der Waals surface area contributed by atoms with Crippen LogP contribution in [0.25, 0.3) is 20.9 Å². The van der Waals surface area contributed by atoms with Crippen LogP contribution < -0.4 is 0 Å². The summed E-state index contributed by atoms with van der Waals surface area (Å²) in [5, 5.41) is 6.46. The minimum Gasteiger partial charge on any atom is -0.300 e. The van der Waals surface area contributed by atoms with Gasteiger partial charge in [0.25, 0.3) is 0 Å². The first kappa shape index (κ1) is 11.3. The maximum Gasteiger partial charge on any atom is 0.138 e. The van der Waals surface area contributed by atoms with Crippen molar-refractivity contribution >= 4 is 5.78 Å². The second-order valence-corrected chi connectivity index (χ2v) is 2.65. The van der Waals surface area contributed by atoms with E-state index in [1.807, 2.05) is 0 Å². The summed E-state index contributed by atoms with van der Waals surface area (Å²) in [6, 6.07) is 0. The van der Waals surface area contributed by atoms with E-state index in [4.69, 9.17) is 11.1 Å². The lowest BCUT2D eigenvalue weighted by Gasteiger charge is -2.03. The number of ketones is 1. The number of carbonyl (C=O) groups is 1. The molecule has 0 rings (SSSR count). The predicted octanol–water partition coefficient (Wildman–Crippen LogP) is 2.20.